The third kappa shape index (κ3) is 12.8. The van der Waals surface area contributed by atoms with Crippen molar-refractivity contribution in [3.63, 3.8) is 0 Å². The molecular weight excluding hydrogens is 875 g/mol. The molecule has 2 saturated heterocycles. The molecule has 20 nitrogen and oxygen atoms in total. The van der Waals surface area contributed by atoms with Crippen molar-refractivity contribution in [3.05, 3.63) is 63.1 Å². The first-order chi connectivity index (χ1) is 30.3. The van der Waals surface area contributed by atoms with Crippen molar-refractivity contribution < 1.29 is 61.1 Å². The Hall–Kier alpha value is -5.55. The average Bonchev–Trinajstić information content (AvgIpc) is 4.05. The summed E-state index contributed by atoms with van der Waals surface area (Å²) in [5, 5.41) is 20.2. The van der Waals surface area contributed by atoms with Crippen molar-refractivity contribution in [2.75, 3.05) is 33.4 Å². The number of Topliss-reactive ketones (excluding diaryl/α,β-unsaturated/α-hetero) is 1. The van der Waals surface area contributed by atoms with Crippen molar-refractivity contribution in [3.8, 4) is 5.75 Å². The van der Waals surface area contributed by atoms with Gasteiger partial charge >= 0.3 is 16.3 Å². The molecule has 3 aliphatic heterocycles. The van der Waals surface area contributed by atoms with Crippen LogP contribution in [0.3, 0.4) is 0 Å². The predicted molar refractivity (Wildman–Crippen MR) is 231 cm³/mol. The Morgan fingerprint density at radius 2 is 1.75 bits per heavy atom. The molecule has 1 unspecified atom stereocenters. The predicted octanol–water partition coefficient (Wildman–Crippen LogP) is 1.13. The molecule has 2 aromatic rings. The Kier molecular flexibility index (Phi) is 16.9. The number of aromatic hydroxyl groups is 1. The lowest BCUT2D eigenvalue weighted by Crippen LogP contribution is -2.60. The van der Waals surface area contributed by atoms with E-state index in [1.54, 1.807) is 49.1 Å². The summed E-state index contributed by atoms with van der Waals surface area (Å²) in [5.74, 6) is -6.43. The third-order valence-electron chi connectivity index (χ3n) is 11.3. The lowest BCUT2D eigenvalue weighted by atomic mass is 9.94. The SMILES string of the molecule is CC[C@@H](C)[C@@H]1NC(=O)C2CCCN2C(=O)[C@@H](NC(=O)[C@@H]2CCCN2C(=O)[C@@H](COC)NS(=O)(=O)O)COC(=O)/C(C)=C\C(C)=C\c2csc(n2)[C@H](Cc2ccc(O)cc2)NC(=O)C1=O. The molecule has 2 bridgehead atoms. The maximum atomic E-state index is 14.5. The highest BCUT2D eigenvalue weighted by Crippen LogP contribution is 2.27. The number of rotatable bonds is 11. The Morgan fingerprint density at radius 1 is 1.05 bits per heavy atom. The van der Waals surface area contributed by atoms with E-state index < -0.39 is 107 Å². The van der Waals surface area contributed by atoms with E-state index in [0.29, 0.717) is 35.5 Å². The zero-order valence-electron chi connectivity index (χ0n) is 36.2. The highest BCUT2D eigenvalue weighted by Gasteiger charge is 2.43. The number of benzene rings is 1. The second kappa shape index (κ2) is 21.9. The minimum absolute atomic E-state index is 0.0263. The molecule has 4 heterocycles. The van der Waals surface area contributed by atoms with Gasteiger partial charge in [-0.25, -0.2) is 9.78 Å². The number of likely N-dealkylation sites (tertiary alicyclic amines) is 1. The van der Waals surface area contributed by atoms with Gasteiger partial charge in [-0.05, 0) is 87.3 Å². The highest BCUT2D eigenvalue weighted by atomic mass is 32.2. The maximum absolute atomic E-state index is 14.5. The van der Waals surface area contributed by atoms with E-state index >= 15 is 0 Å². The van der Waals surface area contributed by atoms with Gasteiger partial charge in [0.2, 0.25) is 29.4 Å². The van der Waals surface area contributed by atoms with Crippen LogP contribution in [-0.2, 0) is 59.8 Å². The van der Waals surface area contributed by atoms with Crippen molar-refractivity contribution in [2.45, 2.75) is 102 Å². The Morgan fingerprint density at radius 3 is 2.42 bits per heavy atom. The number of thiazole rings is 1. The number of hydrogen-bond acceptors (Lipinski definition) is 14. The summed E-state index contributed by atoms with van der Waals surface area (Å²) < 4.78 is 45.0. The summed E-state index contributed by atoms with van der Waals surface area (Å²) in [6.07, 6.45) is 4.76. The number of cyclic esters (lactones) is 1. The highest BCUT2D eigenvalue weighted by molar-refractivity contribution is 7.83. The quantitative estimate of drug-likeness (QED) is 0.105. The van der Waals surface area contributed by atoms with Gasteiger partial charge in [0.1, 0.15) is 41.5 Å². The van der Waals surface area contributed by atoms with Gasteiger partial charge in [-0.1, -0.05) is 32.4 Å². The zero-order valence-corrected chi connectivity index (χ0v) is 37.8. The van der Waals surface area contributed by atoms with E-state index in [1.165, 1.54) is 48.5 Å². The number of ether oxygens (including phenoxy) is 2. The molecular formula is C42H55N7O13S2. The molecule has 7 atom stereocenters. The van der Waals surface area contributed by atoms with E-state index in [2.05, 4.69) is 16.0 Å². The number of carbonyl (C=O) groups is 7. The Bertz CT molecular complexity index is 2260. The molecule has 0 spiro atoms. The number of allylic oxidation sites excluding steroid dienone is 2. The number of hydrogen-bond donors (Lipinski definition) is 6. The fourth-order valence-corrected chi connectivity index (χ4v) is 9.17. The molecule has 1 aromatic carbocycles. The van der Waals surface area contributed by atoms with Crippen LogP contribution >= 0.6 is 11.3 Å². The minimum Gasteiger partial charge on any atom is -0.508 e. The van der Waals surface area contributed by atoms with Crippen LogP contribution in [0.1, 0.15) is 82.1 Å². The summed E-state index contributed by atoms with van der Waals surface area (Å²) in [6, 6.07) is -1.27. The van der Waals surface area contributed by atoms with Crippen LogP contribution in [0.15, 0.2) is 46.9 Å². The minimum atomic E-state index is -4.86. The molecule has 6 N–H and O–H groups in total. The first-order valence-electron chi connectivity index (χ1n) is 20.9. The normalized spacial score (nSPS) is 25.7. The van der Waals surface area contributed by atoms with Gasteiger partial charge in [0, 0.05) is 31.2 Å². The summed E-state index contributed by atoms with van der Waals surface area (Å²) in [7, 11) is -3.64. The molecule has 64 heavy (non-hydrogen) atoms. The molecule has 22 heteroatoms. The first kappa shape index (κ1) is 49.5. The smallest absolute Gasteiger partial charge is 0.334 e. The van der Waals surface area contributed by atoms with Gasteiger partial charge in [0.15, 0.2) is 0 Å². The second-order valence-corrected chi connectivity index (χ2v) is 18.2. The van der Waals surface area contributed by atoms with Gasteiger partial charge in [0.05, 0.1) is 24.4 Å². The fourth-order valence-electron chi connectivity index (χ4n) is 7.82. The monoisotopic (exact) mass is 929 g/mol. The lowest BCUT2D eigenvalue weighted by Gasteiger charge is -2.32. The van der Waals surface area contributed by atoms with E-state index in [9.17, 15) is 51.6 Å². The summed E-state index contributed by atoms with van der Waals surface area (Å²) in [4.78, 5) is 104. The number of aromatic nitrogens is 1. The molecule has 1 aromatic heterocycles. The second-order valence-electron chi connectivity index (χ2n) is 16.1. The molecule has 5 amide bonds. The number of methoxy groups -OCH3 is 1. The Labute approximate surface area is 375 Å². The van der Waals surface area contributed by atoms with Crippen LogP contribution in [0.5, 0.6) is 5.75 Å². The van der Waals surface area contributed by atoms with Crippen molar-refractivity contribution in [1.29, 1.82) is 0 Å². The Balaban J connectivity index is 1.48. The van der Waals surface area contributed by atoms with Crippen molar-refractivity contribution in [1.82, 2.24) is 35.5 Å². The number of amides is 5. The summed E-state index contributed by atoms with van der Waals surface area (Å²) in [6.45, 7) is 5.62. The van der Waals surface area contributed by atoms with Gasteiger partial charge < -0.3 is 40.3 Å². The van der Waals surface area contributed by atoms with Crippen molar-refractivity contribution in [2.24, 2.45) is 5.92 Å². The third-order valence-corrected chi connectivity index (χ3v) is 12.8. The molecule has 0 aliphatic carbocycles. The molecule has 0 radical (unpaired) electrons. The van der Waals surface area contributed by atoms with Crippen LogP contribution < -0.4 is 20.7 Å². The van der Waals surface area contributed by atoms with Crippen LogP contribution in [0, 0.1) is 5.92 Å². The number of phenols is 1. The molecule has 348 valence electrons. The zero-order chi connectivity index (χ0) is 46.9. The number of carbonyl (C=O) groups excluding carboxylic acids is 7. The number of nitrogens with zero attached hydrogens (tertiary/aromatic N) is 3. The van der Waals surface area contributed by atoms with Crippen LogP contribution in [-0.4, -0.2) is 138 Å². The lowest BCUT2D eigenvalue weighted by molar-refractivity contribution is -0.149. The number of fused-ring (bicyclic) bond motifs is 3. The van der Waals surface area contributed by atoms with Crippen LogP contribution in [0.25, 0.3) is 6.08 Å². The number of nitrogens with one attached hydrogen (secondary N) is 4. The number of phenolic OH excluding ortho intramolecular Hbond substituents is 1. The molecule has 3 aliphatic rings. The summed E-state index contributed by atoms with van der Waals surface area (Å²) >= 11 is 1.24. The first-order valence-corrected chi connectivity index (χ1v) is 23.2. The van der Waals surface area contributed by atoms with Crippen molar-refractivity contribution >= 4 is 69.0 Å². The standard InChI is InChI=1S/C42H55N7O13S2/c1-6-24(3)34-35(51)38(54)44-29(19-26-11-13-28(50)14-12-26)39-43-27(22-63-39)18-23(2)17-25(4)42(57)62-21-30(40(55)48-15-8-10-33(48)37(53)46-34)45-36(52)32-9-7-16-49(32)41(56)31(20-61-5)47-64(58,59)60/h11-14,17-18,22,24,29-34,47,50H,6-10,15-16,19-21H2,1-5H3,(H,44,54)(H,45,52)(H,46,53)(H,58,59,60)/b23-18+,25-17-/t24-,29+,30+,31-,32+,33?,34+/m1/s1. The maximum Gasteiger partial charge on any atom is 0.334 e. The van der Waals surface area contributed by atoms with Gasteiger partial charge in [0.25, 0.3) is 5.91 Å². The van der Waals surface area contributed by atoms with E-state index in [1.807, 2.05) is 0 Å². The van der Waals surface area contributed by atoms with E-state index in [-0.39, 0.29) is 43.7 Å². The van der Waals surface area contributed by atoms with E-state index in [4.69, 9.17) is 14.5 Å². The fraction of sp³-hybridized carbons (Fsp3) is 0.524. The van der Waals surface area contributed by atoms with Gasteiger partial charge in [-0.2, -0.15) is 13.1 Å². The van der Waals surface area contributed by atoms with E-state index in [0.717, 1.165) is 10.5 Å². The number of esters is 1. The van der Waals surface area contributed by atoms with Crippen LogP contribution in [0.2, 0.25) is 0 Å². The molecule has 5 rings (SSSR count). The average molecular weight is 930 g/mol. The molecule has 0 saturated carbocycles. The topological polar surface area (TPSA) is 280 Å². The largest absolute Gasteiger partial charge is 0.508 e. The van der Waals surface area contributed by atoms with Gasteiger partial charge in [-0.15, -0.1) is 11.3 Å². The van der Waals surface area contributed by atoms with Gasteiger partial charge in [-0.3, -0.25) is 33.3 Å². The number of ketones is 1. The molecule has 2 fully saturated rings. The summed E-state index contributed by atoms with van der Waals surface area (Å²) in [5.41, 5.74) is 1.92. The van der Waals surface area contributed by atoms with Crippen LogP contribution in [0.4, 0.5) is 0 Å².